The molecule has 174 valence electrons. The Kier molecular flexibility index (Phi) is 5.18. The zero-order valence-corrected chi connectivity index (χ0v) is 20.8. The molecule has 1 amide bonds. The number of hydrogen-bond acceptors (Lipinski definition) is 7. The maximum atomic E-state index is 14.2. The number of nitrogen functional groups attached to an aromatic ring is 2. The fourth-order valence-electron chi connectivity index (χ4n) is 4.48. The summed E-state index contributed by atoms with van der Waals surface area (Å²) in [4.78, 5) is 23.2. The summed E-state index contributed by atoms with van der Waals surface area (Å²) in [5, 5.41) is 10.5. The molecule has 3 aromatic carbocycles. The fourth-order valence-corrected chi connectivity index (χ4v) is 6.58. The second-order valence-corrected chi connectivity index (χ2v) is 10.5. The number of thiophene rings is 1. The quantitative estimate of drug-likeness (QED) is 0.275. The lowest BCUT2D eigenvalue weighted by molar-refractivity contribution is 0.100. The third kappa shape index (κ3) is 3.33. The van der Waals surface area contributed by atoms with Crippen LogP contribution in [0.5, 0.6) is 0 Å². The standard InChI is InChI=1S/C28H19N5OS2/c1-15-10-12-16(13-11-15)22-17(14-29)26(31)32-27-23(22)24(30)25(36-27)28(34)33-18-6-2-4-8-20(18)35-21-9-5-3-7-19(21)33/h2-13H,30H2,1H3,(H2,31,32). The minimum Gasteiger partial charge on any atom is -0.397 e. The van der Waals surface area contributed by atoms with Gasteiger partial charge in [-0.25, -0.2) is 4.98 Å². The van der Waals surface area contributed by atoms with Gasteiger partial charge in [0.2, 0.25) is 0 Å². The Morgan fingerprint density at radius 2 is 1.56 bits per heavy atom. The van der Waals surface area contributed by atoms with Gasteiger partial charge in [-0.2, -0.15) is 5.26 Å². The van der Waals surface area contributed by atoms with Crippen LogP contribution < -0.4 is 16.4 Å². The minimum absolute atomic E-state index is 0.117. The van der Waals surface area contributed by atoms with E-state index in [0.29, 0.717) is 26.3 Å². The SMILES string of the molecule is Cc1ccc(-c2c(C#N)c(N)nc3sc(C(=O)N4c5ccccc5Sc5ccccc54)c(N)c23)cc1. The van der Waals surface area contributed by atoms with Gasteiger partial charge in [0.15, 0.2) is 0 Å². The van der Waals surface area contributed by atoms with Crippen molar-refractivity contribution in [2.24, 2.45) is 0 Å². The number of hydrogen-bond donors (Lipinski definition) is 2. The molecule has 0 saturated heterocycles. The first-order valence-electron chi connectivity index (χ1n) is 11.2. The van der Waals surface area contributed by atoms with Gasteiger partial charge in [-0.1, -0.05) is 65.9 Å². The van der Waals surface area contributed by atoms with Crippen molar-refractivity contribution in [2.45, 2.75) is 16.7 Å². The van der Waals surface area contributed by atoms with Crippen molar-refractivity contribution in [1.82, 2.24) is 4.98 Å². The number of anilines is 4. The van der Waals surface area contributed by atoms with Gasteiger partial charge in [-0.05, 0) is 36.8 Å². The molecule has 3 heterocycles. The zero-order valence-electron chi connectivity index (χ0n) is 19.1. The molecule has 0 saturated carbocycles. The Balaban J connectivity index is 1.59. The molecule has 0 atom stereocenters. The molecule has 6 rings (SSSR count). The highest BCUT2D eigenvalue weighted by Gasteiger charge is 2.32. The molecule has 1 aliphatic rings. The molecular weight excluding hydrogens is 486 g/mol. The highest BCUT2D eigenvalue weighted by atomic mass is 32.2. The Hall–Kier alpha value is -4.32. The fraction of sp³-hybridized carbons (Fsp3) is 0.0357. The molecule has 0 unspecified atom stereocenters. The molecular formula is C28H19N5OS2. The summed E-state index contributed by atoms with van der Waals surface area (Å²) in [5.74, 6) is -0.131. The van der Waals surface area contributed by atoms with E-state index in [-0.39, 0.29) is 17.3 Å². The molecule has 1 aliphatic heterocycles. The highest BCUT2D eigenvalue weighted by molar-refractivity contribution is 7.99. The van der Waals surface area contributed by atoms with E-state index in [1.807, 2.05) is 79.7 Å². The van der Waals surface area contributed by atoms with Crippen LogP contribution in [0, 0.1) is 18.3 Å². The summed E-state index contributed by atoms with van der Waals surface area (Å²) >= 11 is 2.83. The molecule has 0 spiro atoms. The first-order valence-corrected chi connectivity index (χ1v) is 12.8. The van der Waals surface area contributed by atoms with Crippen molar-refractivity contribution in [3.05, 3.63) is 88.8 Å². The lowest BCUT2D eigenvalue weighted by atomic mass is 9.96. The number of aromatic nitrogens is 1. The van der Waals surface area contributed by atoms with Gasteiger partial charge in [0, 0.05) is 20.7 Å². The number of aryl methyl sites for hydroxylation is 1. The summed E-state index contributed by atoms with van der Waals surface area (Å²) in [7, 11) is 0. The smallest absolute Gasteiger partial charge is 0.275 e. The number of nitrogens with two attached hydrogens (primary N) is 2. The predicted octanol–water partition coefficient (Wildman–Crippen LogP) is 6.75. The number of pyridine rings is 1. The van der Waals surface area contributed by atoms with Crippen molar-refractivity contribution in [2.75, 3.05) is 16.4 Å². The van der Waals surface area contributed by atoms with Crippen molar-refractivity contribution in [3.63, 3.8) is 0 Å². The Morgan fingerprint density at radius 3 is 2.17 bits per heavy atom. The lowest BCUT2D eigenvalue weighted by Crippen LogP contribution is -2.28. The van der Waals surface area contributed by atoms with Crippen LogP contribution >= 0.6 is 23.1 Å². The van der Waals surface area contributed by atoms with Crippen molar-refractivity contribution in [1.29, 1.82) is 5.26 Å². The number of carbonyl (C=O) groups is 1. The zero-order chi connectivity index (χ0) is 25.0. The Morgan fingerprint density at radius 1 is 0.944 bits per heavy atom. The van der Waals surface area contributed by atoms with Gasteiger partial charge in [0.25, 0.3) is 5.91 Å². The summed E-state index contributed by atoms with van der Waals surface area (Å²) in [5.41, 5.74) is 17.5. The summed E-state index contributed by atoms with van der Waals surface area (Å²) in [6.07, 6.45) is 0. The molecule has 5 aromatic rings. The molecule has 0 radical (unpaired) electrons. The first-order chi connectivity index (χ1) is 17.5. The third-order valence-corrected chi connectivity index (χ3v) is 8.40. The number of rotatable bonds is 2. The van der Waals surface area contributed by atoms with E-state index in [4.69, 9.17) is 11.5 Å². The van der Waals surface area contributed by atoms with Crippen LogP contribution in [0.1, 0.15) is 20.8 Å². The number of para-hydroxylation sites is 2. The molecule has 36 heavy (non-hydrogen) atoms. The Bertz CT molecular complexity index is 1690. The van der Waals surface area contributed by atoms with E-state index in [9.17, 15) is 10.1 Å². The average molecular weight is 506 g/mol. The van der Waals surface area contributed by atoms with E-state index < -0.39 is 0 Å². The summed E-state index contributed by atoms with van der Waals surface area (Å²) in [6.45, 7) is 1.99. The van der Waals surface area contributed by atoms with E-state index >= 15 is 0 Å². The van der Waals surface area contributed by atoms with Crippen LogP contribution in [0.25, 0.3) is 21.3 Å². The van der Waals surface area contributed by atoms with Gasteiger partial charge in [-0.15, -0.1) is 11.3 Å². The molecule has 4 N–H and O–H groups in total. The maximum Gasteiger partial charge on any atom is 0.275 e. The van der Waals surface area contributed by atoms with E-state index in [2.05, 4.69) is 11.1 Å². The summed E-state index contributed by atoms with van der Waals surface area (Å²) < 4.78 is 0. The maximum absolute atomic E-state index is 14.2. The van der Waals surface area contributed by atoms with Crippen LogP contribution in [0.3, 0.4) is 0 Å². The number of carbonyl (C=O) groups excluding carboxylic acids is 1. The summed E-state index contributed by atoms with van der Waals surface area (Å²) in [6, 6.07) is 25.6. The molecule has 6 nitrogen and oxygen atoms in total. The molecule has 0 aliphatic carbocycles. The predicted molar refractivity (Wildman–Crippen MR) is 147 cm³/mol. The second-order valence-electron chi connectivity index (χ2n) is 8.43. The van der Waals surface area contributed by atoms with Crippen molar-refractivity contribution < 1.29 is 4.79 Å². The molecule has 8 heteroatoms. The monoisotopic (exact) mass is 505 g/mol. The molecule has 0 fully saturated rings. The van der Waals surface area contributed by atoms with Crippen LogP contribution in [0.4, 0.5) is 22.9 Å². The first kappa shape index (κ1) is 22.2. The van der Waals surface area contributed by atoms with Crippen molar-refractivity contribution in [3.8, 4) is 17.2 Å². The molecule has 0 bridgehead atoms. The van der Waals surface area contributed by atoms with Gasteiger partial charge < -0.3 is 11.5 Å². The largest absolute Gasteiger partial charge is 0.397 e. The topological polar surface area (TPSA) is 109 Å². The van der Waals surface area contributed by atoms with Gasteiger partial charge >= 0.3 is 0 Å². The van der Waals surface area contributed by atoms with Crippen LogP contribution in [0.2, 0.25) is 0 Å². The number of amides is 1. The highest BCUT2D eigenvalue weighted by Crippen LogP contribution is 2.50. The number of benzene rings is 3. The Labute approximate surface area is 215 Å². The number of fused-ring (bicyclic) bond motifs is 3. The van der Waals surface area contributed by atoms with Crippen LogP contribution in [-0.2, 0) is 0 Å². The lowest BCUT2D eigenvalue weighted by Gasteiger charge is -2.30. The van der Waals surface area contributed by atoms with Crippen LogP contribution in [-0.4, -0.2) is 10.9 Å². The third-order valence-electron chi connectivity index (χ3n) is 6.19. The normalized spacial score (nSPS) is 12.2. The van der Waals surface area contributed by atoms with Crippen LogP contribution in [0.15, 0.2) is 82.6 Å². The minimum atomic E-state index is -0.248. The van der Waals surface area contributed by atoms with Gasteiger partial charge in [-0.3, -0.25) is 9.69 Å². The van der Waals surface area contributed by atoms with E-state index in [1.165, 1.54) is 11.3 Å². The van der Waals surface area contributed by atoms with E-state index in [1.54, 1.807) is 16.7 Å². The van der Waals surface area contributed by atoms with E-state index in [0.717, 1.165) is 32.3 Å². The second kappa shape index (κ2) is 8.41. The molecule has 2 aromatic heterocycles. The van der Waals surface area contributed by atoms with Crippen molar-refractivity contribution >= 4 is 62.1 Å². The number of nitriles is 1. The average Bonchev–Trinajstić information content (AvgIpc) is 3.22. The van der Waals surface area contributed by atoms with Gasteiger partial charge in [0.1, 0.15) is 27.2 Å². The van der Waals surface area contributed by atoms with Gasteiger partial charge in [0.05, 0.1) is 17.1 Å². The number of nitrogens with zero attached hydrogens (tertiary/aromatic N) is 3.